The molecule has 31 heavy (non-hydrogen) atoms. The maximum atomic E-state index is 12.9. The zero-order valence-electron chi connectivity index (χ0n) is 17.2. The number of fused-ring (bicyclic) bond motifs is 1. The van der Waals surface area contributed by atoms with Crippen molar-refractivity contribution in [3.8, 4) is 5.75 Å². The average molecular weight is 443 g/mol. The van der Waals surface area contributed by atoms with E-state index in [2.05, 4.69) is 10.1 Å². The van der Waals surface area contributed by atoms with Gasteiger partial charge in [-0.15, -0.1) is 12.4 Å². The lowest BCUT2D eigenvalue weighted by Gasteiger charge is -2.20. The van der Waals surface area contributed by atoms with Crippen LogP contribution in [0, 0.1) is 0 Å². The summed E-state index contributed by atoms with van der Waals surface area (Å²) in [5, 5.41) is 24.7. The number of likely N-dealkylation sites (tertiary alicyclic amines) is 1. The van der Waals surface area contributed by atoms with Crippen molar-refractivity contribution >= 4 is 29.1 Å². The summed E-state index contributed by atoms with van der Waals surface area (Å²) in [6.45, 7) is 2.95. The molecular formula is C24H27ClN2O4. The average Bonchev–Trinajstić information content (AvgIpc) is 3.29. The van der Waals surface area contributed by atoms with Gasteiger partial charge in [0.25, 0.3) is 0 Å². The third-order valence-electron chi connectivity index (χ3n) is 5.87. The maximum absolute atomic E-state index is 12.9. The first-order chi connectivity index (χ1) is 14.7. The van der Waals surface area contributed by atoms with Crippen LogP contribution in [0.3, 0.4) is 0 Å². The molecule has 1 aliphatic heterocycles. The number of benzene rings is 2. The van der Waals surface area contributed by atoms with Crippen molar-refractivity contribution in [1.82, 2.24) is 4.90 Å². The molecule has 2 heterocycles. The highest BCUT2D eigenvalue weighted by Gasteiger charge is 2.26. The number of nitrogens with zero attached hydrogens (tertiary/aromatic N) is 2. The molecule has 2 aromatic carbocycles. The van der Waals surface area contributed by atoms with Gasteiger partial charge in [0.05, 0.1) is 16.7 Å². The lowest BCUT2D eigenvalue weighted by Crippen LogP contribution is -2.24. The second-order valence-corrected chi connectivity index (χ2v) is 7.78. The van der Waals surface area contributed by atoms with Crippen molar-refractivity contribution in [3.05, 3.63) is 76.1 Å². The number of hydrogen-bond acceptors (Lipinski definition) is 6. The van der Waals surface area contributed by atoms with Crippen molar-refractivity contribution < 1.29 is 14.7 Å². The molecule has 7 heteroatoms. The van der Waals surface area contributed by atoms with Gasteiger partial charge in [-0.1, -0.05) is 47.6 Å². The summed E-state index contributed by atoms with van der Waals surface area (Å²) in [6, 6.07) is 16.4. The quantitative estimate of drug-likeness (QED) is 0.238. The molecule has 2 N–H and O–H groups in total. The minimum atomic E-state index is -0.572. The molecule has 1 aromatic heterocycles. The molecule has 3 aromatic rings. The molecule has 1 atom stereocenters. The lowest BCUT2D eigenvalue weighted by atomic mass is 9.86. The normalized spacial score (nSPS) is 15.7. The highest BCUT2D eigenvalue weighted by Crippen LogP contribution is 2.36. The second kappa shape index (κ2) is 10.5. The van der Waals surface area contributed by atoms with Crippen LogP contribution in [0.4, 0.5) is 0 Å². The zero-order valence-corrected chi connectivity index (χ0v) is 18.1. The first kappa shape index (κ1) is 22.8. The Morgan fingerprint density at radius 2 is 1.74 bits per heavy atom. The fourth-order valence-electron chi connectivity index (χ4n) is 4.25. The van der Waals surface area contributed by atoms with E-state index in [1.807, 2.05) is 30.3 Å². The summed E-state index contributed by atoms with van der Waals surface area (Å²) in [4.78, 5) is 15.2. The molecule has 0 saturated carbocycles. The molecule has 164 valence electrons. The smallest absolute Gasteiger partial charge is 0.343 e. The molecular weight excluding hydrogens is 416 g/mol. The van der Waals surface area contributed by atoms with E-state index in [9.17, 15) is 15.1 Å². The summed E-state index contributed by atoms with van der Waals surface area (Å²) in [6.07, 6.45) is 3.33. The Balaban J connectivity index is 0.00000272. The first-order valence-electron chi connectivity index (χ1n) is 10.4. The lowest BCUT2D eigenvalue weighted by molar-refractivity contribution is 0.310. The molecule has 1 fully saturated rings. The predicted octanol–water partition coefficient (Wildman–Crippen LogP) is 4.76. The largest absolute Gasteiger partial charge is 0.507 e. The number of hydrogen-bond donors (Lipinski definition) is 2. The van der Waals surface area contributed by atoms with E-state index in [0.29, 0.717) is 29.5 Å². The summed E-state index contributed by atoms with van der Waals surface area (Å²) >= 11 is 0. The third-order valence-corrected chi connectivity index (χ3v) is 5.87. The summed E-state index contributed by atoms with van der Waals surface area (Å²) in [5.41, 5.74) is 1.43. The van der Waals surface area contributed by atoms with E-state index in [1.165, 1.54) is 12.8 Å². The minimum Gasteiger partial charge on any atom is -0.507 e. The molecule has 0 spiro atoms. The Bertz CT molecular complexity index is 1090. The Morgan fingerprint density at radius 1 is 1.06 bits per heavy atom. The molecule has 0 bridgehead atoms. The standard InChI is InChI=1S/C24H26N2O4.ClH/c27-23-19-10-4-5-11-21(19)30-24(28)22(23)20(17-8-2-1-3-9-17)16-18(25-29)12-15-26-13-6-7-14-26;/h1-5,8-11,20,27,29H,6-7,12-16H2;1H/b25-18+;. The number of halogens is 1. The highest BCUT2D eigenvalue weighted by atomic mass is 35.5. The van der Waals surface area contributed by atoms with Gasteiger partial charge >= 0.3 is 5.63 Å². The first-order valence-corrected chi connectivity index (χ1v) is 10.4. The Morgan fingerprint density at radius 3 is 2.45 bits per heavy atom. The summed E-state index contributed by atoms with van der Waals surface area (Å²) < 4.78 is 5.51. The predicted molar refractivity (Wildman–Crippen MR) is 124 cm³/mol. The van der Waals surface area contributed by atoms with Crippen LogP contribution in [0.25, 0.3) is 11.0 Å². The van der Waals surface area contributed by atoms with Gasteiger partial charge in [0.2, 0.25) is 0 Å². The molecule has 0 amide bonds. The number of aromatic hydroxyl groups is 1. The van der Waals surface area contributed by atoms with Gasteiger partial charge in [-0.25, -0.2) is 4.79 Å². The van der Waals surface area contributed by atoms with Crippen molar-refractivity contribution in [2.24, 2.45) is 5.16 Å². The van der Waals surface area contributed by atoms with Gasteiger partial charge in [-0.3, -0.25) is 0 Å². The minimum absolute atomic E-state index is 0. The molecule has 1 aliphatic rings. The van der Waals surface area contributed by atoms with Crippen LogP contribution in [0.5, 0.6) is 5.75 Å². The number of para-hydroxylation sites is 1. The van der Waals surface area contributed by atoms with Crippen LogP contribution in [0.1, 0.15) is 42.7 Å². The summed E-state index contributed by atoms with van der Waals surface area (Å²) in [5.74, 6) is -0.552. The molecule has 4 rings (SSSR count). The van der Waals surface area contributed by atoms with Gasteiger partial charge in [0.15, 0.2) is 0 Å². The van der Waals surface area contributed by atoms with E-state index >= 15 is 0 Å². The topological polar surface area (TPSA) is 86.3 Å². The van der Waals surface area contributed by atoms with Gasteiger partial charge in [-0.2, -0.15) is 0 Å². The fourth-order valence-corrected chi connectivity index (χ4v) is 4.25. The third kappa shape index (κ3) is 5.09. The van der Waals surface area contributed by atoms with Gasteiger partial charge in [-0.05, 0) is 43.6 Å². The van der Waals surface area contributed by atoms with Crippen molar-refractivity contribution in [3.63, 3.8) is 0 Å². The van der Waals surface area contributed by atoms with E-state index in [0.717, 1.165) is 25.2 Å². The van der Waals surface area contributed by atoms with Gasteiger partial charge in [0, 0.05) is 25.3 Å². The highest BCUT2D eigenvalue weighted by molar-refractivity contribution is 5.87. The molecule has 0 radical (unpaired) electrons. The van der Waals surface area contributed by atoms with Crippen LogP contribution in [0.2, 0.25) is 0 Å². The van der Waals surface area contributed by atoms with Crippen LogP contribution in [0.15, 0.2) is 69.0 Å². The van der Waals surface area contributed by atoms with Crippen molar-refractivity contribution in [2.75, 3.05) is 19.6 Å². The van der Waals surface area contributed by atoms with Crippen molar-refractivity contribution in [1.29, 1.82) is 0 Å². The molecule has 0 aliphatic carbocycles. The van der Waals surface area contributed by atoms with E-state index in [-0.39, 0.29) is 23.7 Å². The molecule has 1 unspecified atom stereocenters. The molecule has 1 saturated heterocycles. The number of oxime groups is 1. The van der Waals surface area contributed by atoms with Crippen LogP contribution in [-0.4, -0.2) is 40.6 Å². The van der Waals surface area contributed by atoms with Gasteiger partial charge < -0.3 is 19.6 Å². The molecule has 6 nitrogen and oxygen atoms in total. The Kier molecular flexibility index (Phi) is 7.71. The van der Waals surface area contributed by atoms with Crippen LogP contribution in [-0.2, 0) is 0 Å². The monoisotopic (exact) mass is 442 g/mol. The summed E-state index contributed by atoms with van der Waals surface area (Å²) in [7, 11) is 0. The van der Waals surface area contributed by atoms with Crippen molar-refractivity contribution in [2.45, 2.75) is 31.6 Å². The maximum Gasteiger partial charge on any atom is 0.343 e. The van der Waals surface area contributed by atoms with E-state index in [4.69, 9.17) is 4.42 Å². The number of rotatable bonds is 7. The van der Waals surface area contributed by atoms with Crippen LogP contribution < -0.4 is 5.63 Å². The Hall–Kier alpha value is -2.83. The zero-order chi connectivity index (χ0) is 20.9. The second-order valence-electron chi connectivity index (χ2n) is 7.78. The SMILES string of the molecule is Cl.O=c1oc2ccccc2c(O)c1C(C/C(CCN1CCCC1)=N/O)c1ccccc1. The Labute approximate surface area is 187 Å². The van der Waals surface area contributed by atoms with Crippen LogP contribution >= 0.6 is 12.4 Å². The fraction of sp³-hybridized carbons (Fsp3) is 0.333. The van der Waals surface area contributed by atoms with E-state index < -0.39 is 11.5 Å². The van der Waals surface area contributed by atoms with Gasteiger partial charge in [0.1, 0.15) is 11.3 Å². The van der Waals surface area contributed by atoms with E-state index in [1.54, 1.807) is 24.3 Å².